The highest BCUT2D eigenvalue weighted by Gasteiger charge is 2.46. The van der Waals surface area contributed by atoms with Crippen molar-refractivity contribution in [3.63, 3.8) is 0 Å². The molecule has 0 bridgehead atoms. The molecule has 2 aliphatic rings. The van der Waals surface area contributed by atoms with Crippen LogP contribution in [0.15, 0.2) is 48.2 Å². The Morgan fingerprint density at radius 1 is 0.879 bits per heavy atom. The zero-order valence-corrected chi connectivity index (χ0v) is 20.7. The Morgan fingerprint density at radius 2 is 1.45 bits per heavy atom. The van der Waals surface area contributed by atoms with Crippen LogP contribution in [0, 0.1) is 0 Å². The van der Waals surface area contributed by atoms with Gasteiger partial charge in [-0.3, -0.25) is 0 Å². The molecule has 0 unspecified atom stereocenters. The first kappa shape index (κ1) is 23.3. The van der Waals surface area contributed by atoms with Gasteiger partial charge in [-0.15, -0.1) is 0 Å². The van der Waals surface area contributed by atoms with E-state index in [4.69, 9.17) is 0 Å². The van der Waals surface area contributed by atoms with Crippen molar-refractivity contribution in [1.82, 2.24) is 0 Å². The molecule has 4 rings (SSSR count). The molecule has 0 radical (unpaired) electrons. The van der Waals surface area contributed by atoms with E-state index >= 15 is 0 Å². The SMILES string of the molecule is CN1C(=CC2=[N+](C)c3ccc(NCCO)cc3C2(C)C)C(C)(C)c2cc(NCCO)ccc21. The van der Waals surface area contributed by atoms with Crippen LogP contribution in [0.2, 0.25) is 0 Å². The summed E-state index contributed by atoms with van der Waals surface area (Å²) in [6, 6.07) is 12.9. The molecule has 2 aliphatic heterocycles. The van der Waals surface area contributed by atoms with E-state index in [-0.39, 0.29) is 24.0 Å². The van der Waals surface area contributed by atoms with Crippen LogP contribution in [-0.4, -0.2) is 60.9 Å². The summed E-state index contributed by atoms with van der Waals surface area (Å²) in [6.07, 6.45) is 2.36. The van der Waals surface area contributed by atoms with Crippen molar-refractivity contribution in [3.05, 3.63) is 59.3 Å². The molecule has 2 aromatic carbocycles. The number of benzene rings is 2. The van der Waals surface area contributed by atoms with Gasteiger partial charge in [-0.1, -0.05) is 13.8 Å². The van der Waals surface area contributed by atoms with Crippen LogP contribution in [-0.2, 0) is 10.8 Å². The summed E-state index contributed by atoms with van der Waals surface area (Å²) in [5, 5.41) is 24.9. The van der Waals surface area contributed by atoms with Gasteiger partial charge in [-0.05, 0) is 49.7 Å². The number of nitrogens with one attached hydrogen (secondary N) is 2. The fourth-order valence-electron chi connectivity index (χ4n) is 5.34. The minimum atomic E-state index is -0.159. The third-order valence-electron chi connectivity index (χ3n) is 7.22. The van der Waals surface area contributed by atoms with E-state index in [1.54, 1.807) is 0 Å². The minimum absolute atomic E-state index is 0.114. The van der Waals surface area contributed by atoms with Gasteiger partial charge >= 0.3 is 0 Å². The molecule has 4 N–H and O–H groups in total. The van der Waals surface area contributed by atoms with Gasteiger partial charge in [-0.2, -0.15) is 4.58 Å². The Kier molecular flexibility index (Phi) is 6.01. The first-order valence-electron chi connectivity index (χ1n) is 11.7. The average molecular weight is 450 g/mol. The number of fused-ring (bicyclic) bond motifs is 2. The molecular weight excluding hydrogens is 412 g/mol. The lowest BCUT2D eigenvalue weighted by Crippen LogP contribution is -2.31. The number of aliphatic hydroxyl groups is 2. The maximum atomic E-state index is 9.17. The van der Waals surface area contributed by atoms with Crippen molar-refractivity contribution in [1.29, 1.82) is 0 Å². The predicted molar refractivity (Wildman–Crippen MR) is 137 cm³/mol. The number of hydrogen-bond acceptors (Lipinski definition) is 5. The lowest BCUT2D eigenvalue weighted by atomic mass is 9.78. The van der Waals surface area contributed by atoms with Crippen molar-refractivity contribution in [2.45, 2.75) is 38.5 Å². The van der Waals surface area contributed by atoms with E-state index in [1.165, 1.54) is 33.9 Å². The van der Waals surface area contributed by atoms with Gasteiger partial charge in [0.05, 0.1) is 18.6 Å². The van der Waals surface area contributed by atoms with Gasteiger partial charge < -0.3 is 25.7 Å². The third kappa shape index (κ3) is 3.81. The Labute approximate surface area is 197 Å². The number of likely N-dealkylation sites (N-methyl/N-ethyl adjacent to an activating group) is 1. The summed E-state index contributed by atoms with van der Waals surface area (Å²) in [7, 11) is 4.29. The second-order valence-corrected chi connectivity index (χ2v) is 10.0. The zero-order chi connectivity index (χ0) is 24.0. The topological polar surface area (TPSA) is 70.8 Å². The molecule has 176 valence electrons. The molecule has 0 fully saturated rings. The van der Waals surface area contributed by atoms with Crippen LogP contribution >= 0.6 is 0 Å². The quantitative estimate of drug-likeness (QED) is 0.484. The number of rotatable bonds is 7. The van der Waals surface area contributed by atoms with Crippen molar-refractivity contribution < 1.29 is 14.8 Å². The number of nitrogens with zero attached hydrogens (tertiary/aromatic N) is 2. The molecule has 0 saturated heterocycles. The number of aliphatic hydroxyl groups excluding tert-OH is 2. The largest absolute Gasteiger partial charge is 0.395 e. The molecule has 0 amide bonds. The maximum Gasteiger partial charge on any atom is 0.209 e. The smallest absolute Gasteiger partial charge is 0.209 e. The fourth-order valence-corrected chi connectivity index (χ4v) is 5.34. The Bertz CT molecular complexity index is 1130. The second kappa shape index (κ2) is 8.50. The standard InChI is InChI=1S/C27H37N4O2/c1-26(2)20-15-18(28-11-13-32)7-9-22(20)30(5)24(26)17-25-27(3,4)21-16-19(29-12-14-33)8-10-23(21)31(25)6/h7-10,15-17,28-29,32-33H,11-14H2,1-6H3/q+1. The van der Waals surface area contributed by atoms with E-state index in [0.717, 1.165) is 11.4 Å². The molecule has 0 spiro atoms. The summed E-state index contributed by atoms with van der Waals surface area (Å²) in [5.41, 5.74) is 9.27. The van der Waals surface area contributed by atoms with E-state index in [1.807, 2.05) is 0 Å². The zero-order valence-electron chi connectivity index (χ0n) is 20.7. The third-order valence-corrected chi connectivity index (χ3v) is 7.22. The molecule has 0 aliphatic carbocycles. The van der Waals surface area contributed by atoms with Gasteiger partial charge in [0.25, 0.3) is 0 Å². The van der Waals surface area contributed by atoms with Crippen LogP contribution in [0.4, 0.5) is 22.7 Å². The van der Waals surface area contributed by atoms with Gasteiger partial charge in [-0.25, -0.2) is 0 Å². The van der Waals surface area contributed by atoms with Gasteiger partial charge in [0, 0.05) is 66.0 Å². The average Bonchev–Trinajstić information content (AvgIpc) is 3.10. The van der Waals surface area contributed by atoms with Crippen molar-refractivity contribution in [2.75, 3.05) is 55.9 Å². The Hall–Kier alpha value is -2.83. The molecule has 0 aromatic heterocycles. The van der Waals surface area contributed by atoms with E-state index in [0.29, 0.717) is 13.1 Å². The molecule has 2 heterocycles. The predicted octanol–water partition coefficient (Wildman–Crippen LogP) is 3.81. The Balaban J connectivity index is 1.74. The summed E-state index contributed by atoms with van der Waals surface area (Å²) in [4.78, 5) is 2.30. The van der Waals surface area contributed by atoms with Crippen LogP contribution in [0.5, 0.6) is 0 Å². The van der Waals surface area contributed by atoms with Gasteiger partial charge in [0.15, 0.2) is 5.71 Å². The highest BCUT2D eigenvalue weighted by atomic mass is 16.3. The summed E-state index contributed by atoms with van der Waals surface area (Å²) in [5.74, 6) is 0. The second-order valence-electron chi connectivity index (χ2n) is 10.0. The fraction of sp³-hybridized carbons (Fsp3) is 0.444. The Morgan fingerprint density at radius 3 is 2.06 bits per heavy atom. The normalized spacial score (nSPS) is 19.2. The van der Waals surface area contributed by atoms with Crippen LogP contribution < -0.4 is 15.5 Å². The molecule has 6 heteroatoms. The highest BCUT2D eigenvalue weighted by molar-refractivity contribution is 6.04. The van der Waals surface area contributed by atoms with Crippen LogP contribution in [0.3, 0.4) is 0 Å². The molecule has 0 atom stereocenters. The van der Waals surface area contributed by atoms with E-state index < -0.39 is 0 Å². The summed E-state index contributed by atoms with van der Waals surface area (Å²) in [6.45, 7) is 10.4. The van der Waals surface area contributed by atoms with Crippen LogP contribution in [0.25, 0.3) is 0 Å². The molecular formula is C27H37N4O2+. The van der Waals surface area contributed by atoms with Gasteiger partial charge in [0.1, 0.15) is 7.05 Å². The number of hydrogen-bond donors (Lipinski definition) is 4. The lowest BCUT2D eigenvalue weighted by molar-refractivity contribution is -0.401. The molecule has 33 heavy (non-hydrogen) atoms. The van der Waals surface area contributed by atoms with Gasteiger partial charge in [0.2, 0.25) is 5.69 Å². The molecule has 2 aromatic rings. The van der Waals surface area contributed by atoms with Crippen LogP contribution in [0.1, 0.15) is 38.8 Å². The van der Waals surface area contributed by atoms with E-state index in [2.05, 4.69) is 104 Å². The maximum absolute atomic E-state index is 9.17. The number of anilines is 3. The number of allylic oxidation sites excluding steroid dienone is 2. The molecule has 0 saturated carbocycles. The van der Waals surface area contributed by atoms with E-state index in [9.17, 15) is 10.2 Å². The first-order chi connectivity index (χ1) is 15.6. The molecule has 6 nitrogen and oxygen atoms in total. The van der Waals surface area contributed by atoms with Crippen molar-refractivity contribution >= 4 is 28.5 Å². The van der Waals surface area contributed by atoms with Crippen molar-refractivity contribution in [2.24, 2.45) is 0 Å². The summed E-state index contributed by atoms with van der Waals surface area (Å²) < 4.78 is 2.30. The monoisotopic (exact) mass is 449 g/mol. The van der Waals surface area contributed by atoms with Crippen molar-refractivity contribution in [3.8, 4) is 0 Å². The lowest BCUT2D eigenvalue weighted by Gasteiger charge is -2.25. The highest BCUT2D eigenvalue weighted by Crippen LogP contribution is 2.49. The first-order valence-corrected chi connectivity index (χ1v) is 11.7. The minimum Gasteiger partial charge on any atom is -0.395 e. The summed E-state index contributed by atoms with van der Waals surface area (Å²) >= 11 is 0.